The van der Waals surface area contributed by atoms with Gasteiger partial charge in [-0.3, -0.25) is 0 Å². The lowest BCUT2D eigenvalue weighted by molar-refractivity contribution is 0.335. The summed E-state index contributed by atoms with van der Waals surface area (Å²) in [6.45, 7) is 6.75. The Morgan fingerprint density at radius 1 is 1.67 bits per heavy atom. The normalized spacial score (nSPS) is 10.8. The Kier molecular flexibility index (Phi) is 7.84. The molecule has 0 aliphatic rings. The summed E-state index contributed by atoms with van der Waals surface area (Å²) >= 11 is 0. The lowest BCUT2D eigenvalue weighted by Crippen LogP contribution is -1.97. The molecule has 0 amide bonds. The molecular formula is C7H16OSi. The Bertz CT molecular complexity index is 63.9. The summed E-state index contributed by atoms with van der Waals surface area (Å²) in [5.74, 6) is 0. The van der Waals surface area contributed by atoms with E-state index in [2.05, 4.69) is 13.5 Å². The molecule has 9 heavy (non-hydrogen) atoms. The van der Waals surface area contributed by atoms with Crippen LogP contribution in [0.1, 0.15) is 19.8 Å². The summed E-state index contributed by atoms with van der Waals surface area (Å²) in [4.78, 5) is 0. The maximum absolute atomic E-state index is 5.38. The van der Waals surface area contributed by atoms with E-state index in [-0.39, 0.29) is 9.76 Å². The van der Waals surface area contributed by atoms with Crippen molar-refractivity contribution >= 4 is 9.76 Å². The summed E-state index contributed by atoms with van der Waals surface area (Å²) in [6, 6.07) is 1.25. The second-order valence-electron chi connectivity index (χ2n) is 2.04. The topological polar surface area (TPSA) is 9.23 Å². The summed E-state index contributed by atoms with van der Waals surface area (Å²) in [7, 11) is -0.182. The molecule has 0 saturated heterocycles. The molecule has 0 N–H and O–H groups in total. The SMILES string of the molecule is C=CCC[SiH2]OCCC. The molecule has 0 rings (SSSR count). The molecule has 0 spiro atoms. The maximum atomic E-state index is 5.38. The first-order chi connectivity index (χ1) is 4.41. The van der Waals surface area contributed by atoms with E-state index in [0.717, 1.165) is 19.4 Å². The predicted molar refractivity (Wildman–Crippen MR) is 44.4 cm³/mol. The van der Waals surface area contributed by atoms with Crippen LogP contribution in [0.3, 0.4) is 0 Å². The zero-order valence-electron chi connectivity index (χ0n) is 6.23. The van der Waals surface area contributed by atoms with Gasteiger partial charge in [0.05, 0.1) is 0 Å². The van der Waals surface area contributed by atoms with Gasteiger partial charge in [0.25, 0.3) is 0 Å². The minimum absolute atomic E-state index is 0.182. The van der Waals surface area contributed by atoms with Crippen molar-refractivity contribution in [2.45, 2.75) is 25.8 Å². The van der Waals surface area contributed by atoms with Crippen LogP contribution in [0.2, 0.25) is 6.04 Å². The highest BCUT2D eigenvalue weighted by Crippen LogP contribution is 1.89. The number of rotatable bonds is 6. The van der Waals surface area contributed by atoms with Gasteiger partial charge in [-0.05, 0) is 18.9 Å². The molecule has 0 saturated carbocycles. The van der Waals surface area contributed by atoms with Crippen LogP contribution in [0.25, 0.3) is 0 Å². The smallest absolute Gasteiger partial charge is 0.161 e. The van der Waals surface area contributed by atoms with Crippen LogP contribution in [0.15, 0.2) is 12.7 Å². The molecule has 0 aromatic heterocycles. The minimum atomic E-state index is -0.182. The van der Waals surface area contributed by atoms with E-state index in [1.807, 2.05) is 6.08 Å². The van der Waals surface area contributed by atoms with Crippen LogP contribution < -0.4 is 0 Å². The van der Waals surface area contributed by atoms with Gasteiger partial charge in [0, 0.05) is 6.61 Å². The van der Waals surface area contributed by atoms with Crippen molar-refractivity contribution in [3.05, 3.63) is 12.7 Å². The van der Waals surface area contributed by atoms with E-state index in [9.17, 15) is 0 Å². The summed E-state index contributed by atoms with van der Waals surface area (Å²) in [5, 5.41) is 0. The third-order valence-corrected chi connectivity index (χ3v) is 2.32. The molecule has 0 atom stereocenters. The molecule has 54 valence electrons. The minimum Gasteiger partial charge on any atom is -0.424 e. The first kappa shape index (κ1) is 8.92. The summed E-state index contributed by atoms with van der Waals surface area (Å²) in [6.07, 6.45) is 4.25. The standard InChI is InChI=1S/C7H16OSi/c1-3-5-7-9-8-6-4-2/h3H,1,4-7,9H2,2H3. The predicted octanol–water partition coefficient (Wildman–Crippen LogP) is 1.49. The van der Waals surface area contributed by atoms with E-state index < -0.39 is 0 Å². The first-order valence-corrected chi connectivity index (χ1v) is 5.18. The lowest BCUT2D eigenvalue weighted by atomic mass is 10.5. The fraction of sp³-hybridized carbons (Fsp3) is 0.714. The van der Waals surface area contributed by atoms with E-state index in [1.165, 1.54) is 6.04 Å². The number of hydrogen-bond donors (Lipinski definition) is 0. The third kappa shape index (κ3) is 7.92. The van der Waals surface area contributed by atoms with Crippen molar-refractivity contribution in [1.29, 1.82) is 0 Å². The highest BCUT2D eigenvalue weighted by atomic mass is 28.2. The van der Waals surface area contributed by atoms with Crippen molar-refractivity contribution in [2.24, 2.45) is 0 Å². The van der Waals surface area contributed by atoms with Crippen LogP contribution in [0.4, 0.5) is 0 Å². The van der Waals surface area contributed by atoms with Crippen LogP contribution in [-0.2, 0) is 4.43 Å². The van der Waals surface area contributed by atoms with Crippen molar-refractivity contribution in [3.8, 4) is 0 Å². The van der Waals surface area contributed by atoms with Gasteiger partial charge >= 0.3 is 0 Å². The van der Waals surface area contributed by atoms with Gasteiger partial charge in [0.2, 0.25) is 0 Å². The second-order valence-corrected chi connectivity index (χ2v) is 3.57. The lowest BCUT2D eigenvalue weighted by Gasteiger charge is -1.97. The Balaban J connectivity index is 2.66. The third-order valence-electron chi connectivity index (χ3n) is 1.05. The van der Waals surface area contributed by atoms with Crippen LogP contribution in [0, 0.1) is 0 Å². The zero-order chi connectivity index (χ0) is 6.95. The monoisotopic (exact) mass is 144 g/mol. The summed E-state index contributed by atoms with van der Waals surface area (Å²) < 4.78 is 5.38. The highest BCUT2D eigenvalue weighted by molar-refractivity contribution is 6.27. The van der Waals surface area contributed by atoms with Gasteiger partial charge in [0.1, 0.15) is 0 Å². The molecule has 0 fully saturated rings. The maximum Gasteiger partial charge on any atom is 0.161 e. The average molecular weight is 144 g/mol. The highest BCUT2D eigenvalue weighted by Gasteiger charge is 1.84. The van der Waals surface area contributed by atoms with Crippen molar-refractivity contribution in [3.63, 3.8) is 0 Å². The molecule has 0 bridgehead atoms. The Morgan fingerprint density at radius 3 is 3.00 bits per heavy atom. The van der Waals surface area contributed by atoms with Crippen molar-refractivity contribution in [2.75, 3.05) is 6.61 Å². The van der Waals surface area contributed by atoms with Gasteiger partial charge in [-0.15, -0.1) is 6.58 Å². The second kappa shape index (κ2) is 7.92. The first-order valence-electron chi connectivity index (χ1n) is 3.60. The van der Waals surface area contributed by atoms with E-state index >= 15 is 0 Å². The van der Waals surface area contributed by atoms with Gasteiger partial charge < -0.3 is 4.43 Å². The summed E-state index contributed by atoms with van der Waals surface area (Å²) in [5.41, 5.74) is 0. The van der Waals surface area contributed by atoms with Crippen LogP contribution in [0.5, 0.6) is 0 Å². The Labute approximate surface area is 60.1 Å². The molecule has 0 heterocycles. The van der Waals surface area contributed by atoms with Gasteiger partial charge in [0.15, 0.2) is 9.76 Å². The molecule has 0 unspecified atom stereocenters. The van der Waals surface area contributed by atoms with Crippen molar-refractivity contribution < 1.29 is 4.43 Å². The molecular weight excluding hydrogens is 128 g/mol. The largest absolute Gasteiger partial charge is 0.424 e. The Hall–Kier alpha value is -0.0831. The fourth-order valence-corrected chi connectivity index (χ4v) is 1.73. The molecule has 0 radical (unpaired) electrons. The van der Waals surface area contributed by atoms with Gasteiger partial charge in [-0.25, -0.2) is 0 Å². The molecule has 1 nitrogen and oxygen atoms in total. The van der Waals surface area contributed by atoms with Crippen LogP contribution in [-0.4, -0.2) is 16.4 Å². The van der Waals surface area contributed by atoms with E-state index in [0.29, 0.717) is 0 Å². The molecule has 0 aromatic carbocycles. The quantitative estimate of drug-likeness (QED) is 0.312. The molecule has 0 aliphatic heterocycles. The van der Waals surface area contributed by atoms with Gasteiger partial charge in [-0.1, -0.05) is 13.0 Å². The molecule has 0 aliphatic carbocycles. The molecule has 2 heteroatoms. The van der Waals surface area contributed by atoms with E-state index in [4.69, 9.17) is 4.43 Å². The zero-order valence-corrected chi connectivity index (χ0v) is 7.64. The van der Waals surface area contributed by atoms with Crippen molar-refractivity contribution in [1.82, 2.24) is 0 Å². The Morgan fingerprint density at radius 2 is 2.44 bits per heavy atom. The average Bonchev–Trinajstić information content (AvgIpc) is 1.89. The fourth-order valence-electron chi connectivity index (χ4n) is 0.576. The van der Waals surface area contributed by atoms with E-state index in [1.54, 1.807) is 0 Å². The van der Waals surface area contributed by atoms with Crippen LogP contribution >= 0.6 is 0 Å². The number of allylic oxidation sites excluding steroid dienone is 1. The molecule has 0 aromatic rings. The van der Waals surface area contributed by atoms with Gasteiger partial charge in [-0.2, -0.15) is 0 Å². The number of hydrogen-bond acceptors (Lipinski definition) is 1.